The maximum absolute atomic E-state index is 5.77. The SMILES string of the molecule is Cc1ncsc1CN(C)CC(C)CCl. The molecule has 2 nitrogen and oxygen atoms in total. The summed E-state index contributed by atoms with van der Waals surface area (Å²) < 4.78 is 0. The summed E-state index contributed by atoms with van der Waals surface area (Å²) in [6.45, 7) is 6.26. The van der Waals surface area contributed by atoms with Gasteiger partial charge >= 0.3 is 0 Å². The number of aryl methyl sites for hydroxylation is 1. The normalized spacial score (nSPS) is 13.5. The fraction of sp³-hybridized carbons (Fsp3) is 0.700. The van der Waals surface area contributed by atoms with E-state index in [1.165, 1.54) is 4.88 Å². The maximum atomic E-state index is 5.77. The second-order valence-corrected chi connectivity index (χ2v) is 5.07. The molecule has 0 aliphatic heterocycles. The summed E-state index contributed by atoms with van der Waals surface area (Å²) in [4.78, 5) is 7.89. The van der Waals surface area contributed by atoms with Gasteiger partial charge in [-0.25, -0.2) is 4.98 Å². The van der Waals surface area contributed by atoms with E-state index in [0.29, 0.717) is 5.92 Å². The predicted molar refractivity (Wildman–Crippen MR) is 63.1 cm³/mol. The third-order valence-corrected chi connectivity index (χ3v) is 3.59. The summed E-state index contributed by atoms with van der Waals surface area (Å²) in [5, 5.41) is 0. The molecular formula is C10H17ClN2S. The average Bonchev–Trinajstić information content (AvgIpc) is 2.51. The van der Waals surface area contributed by atoms with Crippen LogP contribution in [0, 0.1) is 12.8 Å². The first-order chi connectivity index (χ1) is 6.63. The molecule has 0 aromatic carbocycles. The van der Waals surface area contributed by atoms with Crippen molar-refractivity contribution in [1.82, 2.24) is 9.88 Å². The molecule has 1 heterocycles. The van der Waals surface area contributed by atoms with Crippen LogP contribution < -0.4 is 0 Å². The summed E-state index contributed by atoms with van der Waals surface area (Å²) in [6, 6.07) is 0. The Hall–Kier alpha value is -0.120. The molecular weight excluding hydrogens is 216 g/mol. The molecule has 1 atom stereocenters. The van der Waals surface area contributed by atoms with Crippen molar-refractivity contribution in [2.24, 2.45) is 5.92 Å². The summed E-state index contributed by atoms with van der Waals surface area (Å²) in [6.07, 6.45) is 0. The maximum Gasteiger partial charge on any atom is 0.0798 e. The number of aromatic nitrogens is 1. The van der Waals surface area contributed by atoms with Crippen molar-refractivity contribution in [3.05, 3.63) is 16.1 Å². The molecule has 0 aliphatic carbocycles. The quantitative estimate of drug-likeness (QED) is 0.726. The van der Waals surface area contributed by atoms with Gasteiger partial charge in [0.2, 0.25) is 0 Å². The standard InChI is InChI=1S/C10H17ClN2S/c1-8(4-11)5-13(3)6-10-9(2)12-7-14-10/h7-8H,4-6H2,1-3H3. The highest BCUT2D eigenvalue weighted by atomic mass is 35.5. The number of hydrogen-bond acceptors (Lipinski definition) is 3. The van der Waals surface area contributed by atoms with Crippen molar-refractivity contribution in [1.29, 1.82) is 0 Å². The number of halogens is 1. The lowest BCUT2D eigenvalue weighted by Crippen LogP contribution is -2.24. The van der Waals surface area contributed by atoms with E-state index in [0.717, 1.165) is 24.7 Å². The van der Waals surface area contributed by atoms with Gasteiger partial charge in [0, 0.05) is 23.8 Å². The van der Waals surface area contributed by atoms with Gasteiger partial charge < -0.3 is 4.90 Å². The Morgan fingerprint density at radius 3 is 2.86 bits per heavy atom. The van der Waals surface area contributed by atoms with Gasteiger partial charge in [-0.1, -0.05) is 6.92 Å². The molecule has 4 heteroatoms. The van der Waals surface area contributed by atoms with Crippen LogP contribution >= 0.6 is 22.9 Å². The Morgan fingerprint density at radius 2 is 2.36 bits per heavy atom. The summed E-state index contributed by atoms with van der Waals surface area (Å²) in [5.41, 5.74) is 3.06. The van der Waals surface area contributed by atoms with Gasteiger partial charge in [0.1, 0.15) is 0 Å². The van der Waals surface area contributed by atoms with Crippen molar-refractivity contribution in [2.45, 2.75) is 20.4 Å². The Labute approximate surface area is 94.9 Å². The molecule has 14 heavy (non-hydrogen) atoms. The van der Waals surface area contributed by atoms with Gasteiger partial charge in [0.15, 0.2) is 0 Å². The molecule has 1 unspecified atom stereocenters. The van der Waals surface area contributed by atoms with Gasteiger partial charge in [-0.2, -0.15) is 0 Å². The smallest absolute Gasteiger partial charge is 0.0798 e. The molecule has 1 aromatic rings. The molecule has 1 aromatic heterocycles. The Morgan fingerprint density at radius 1 is 1.64 bits per heavy atom. The van der Waals surface area contributed by atoms with Crippen LogP contribution in [-0.2, 0) is 6.54 Å². The second-order valence-electron chi connectivity index (χ2n) is 3.82. The van der Waals surface area contributed by atoms with Crippen LogP contribution in [0.3, 0.4) is 0 Å². The molecule has 0 N–H and O–H groups in total. The molecule has 0 aliphatic rings. The fourth-order valence-corrected chi connectivity index (χ4v) is 2.32. The van der Waals surface area contributed by atoms with Gasteiger partial charge in [-0.05, 0) is 19.9 Å². The molecule has 1 rings (SSSR count). The van der Waals surface area contributed by atoms with E-state index in [1.807, 2.05) is 5.51 Å². The summed E-state index contributed by atoms with van der Waals surface area (Å²) in [5.74, 6) is 1.28. The number of thiazole rings is 1. The third kappa shape index (κ3) is 3.56. The van der Waals surface area contributed by atoms with E-state index in [4.69, 9.17) is 11.6 Å². The van der Waals surface area contributed by atoms with E-state index < -0.39 is 0 Å². The highest BCUT2D eigenvalue weighted by Crippen LogP contribution is 2.14. The van der Waals surface area contributed by atoms with Crippen molar-refractivity contribution in [2.75, 3.05) is 19.5 Å². The van der Waals surface area contributed by atoms with Crippen LogP contribution in [-0.4, -0.2) is 29.4 Å². The van der Waals surface area contributed by atoms with Gasteiger partial charge in [0.25, 0.3) is 0 Å². The van der Waals surface area contributed by atoms with Crippen LogP contribution in [0.15, 0.2) is 5.51 Å². The lowest BCUT2D eigenvalue weighted by Gasteiger charge is -2.19. The zero-order chi connectivity index (χ0) is 10.6. The number of hydrogen-bond donors (Lipinski definition) is 0. The van der Waals surface area contributed by atoms with E-state index in [-0.39, 0.29) is 0 Å². The summed E-state index contributed by atoms with van der Waals surface area (Å²) in [7, 11) is 2.13. The molecule has 80 valence electrons. The Kier molecular flexibility index (Phi) is 4.85. The lowest BCUT2D eigenvalue weighted by molar-refractivity contribution is 0.291. The van der Waals surface area contributed by atoms with Crippen molar-refractivity contribution < 1.29 is 0 Å². The van der Waals surface area contributed by atoms with Crippen LogP contribution in [0.4, 0.5) is 0 Å². The zero-order valence-electron chi connectivity index (χ0n) is 8.96. The fourth-order valence-electron chi connectivity index (χ4n) is 1.37. The molecule has 0 radical (unpaired) electrons. The van der Waals surface area contributed by atoms with Crippen molar-refractivity contribution in [3.63, 3.8) is 0 Å². The molecule has 0 saturated carbocycles. The molecule has 0 fully saturated rings. The Bertz CT molecular complexity index is 275. The monoisotopic (exact) mass is 232 g/mol. The first-order valence-electron chi connectivity index (χ1n) is 4.77. The first-order valence-corrected chi connectivity index (χ1v) is 6.18. The van der Waals surface area contributed by atoms with Gasteiger partial charge in [0.05, 0.1) is 11.2 Å². The lowest BCUT2D eigenvalue weighted by atomic mass is 10.2. The van der Waals surface area contributed by atoms with E-state index in [1.54, 1.807) is 11.3 Å². The minimum absolute atomic E-state index is 0.551. The minimum Gasteiger partial charge on any atom is -0.301 e. The van der Waals surface area contributed by atoms with Crippen LogP contribution in [0.2, 0.25) is 0 Å². The topological polar surface area (TPSA) is 16.1 Å². The average molecular weight is 233 g/mol. The van der Waals surface area contributed by atoms with Gasteiger partial charge in [-0.3, -0.25) is 0 Å². The number of rotatable bonds is 5. The van der Waals surface area contributed by atoms with Gasteiger partial charge in [-0.15, -0.1) is 22.9 Å². The van der Waals surface area contributed by atoms with E-state index in [2.05, 4.69) is 30.8 Å². The number of alkyl halides is 1. The summed E-state index contributed by atoms with van der Waals surface area (Å²) >= 11 is 7.50. The first kappa shape index (κ1) is 12.0. The largest absolute Gasteiger partial charge is 0.301 e. The van der Waals surface area contributed by atoms with E-state index >= 15 is 0 Å². The molecule has 0 amide bonds. The highest BCUT2D eigenvalue weighted by molar-refractivity contribution is 7.09. The number of nitrogens with zero attached hydrogens (tertiary/aromatic N) is 2. The van der Waals surface area contributed by atoms with Crippen LogP contribution in [0.5, 0.6) is 0 Å². The molecule has 0 saturated heterocycles. The van der Waals surface area contributed by atoms with Crippen LogP contribution in [0.25, 0.3) is 0 Å². The highest BCUT2D eigenvalue weighted by Gasteiger charge is 2.08. The molecule has 0 spiro atoms. The zero-order valence-corrected chi connectivity index (χ0v) is 10.5. The van der Waals surface area contributed by atoms with E-state index in [9.17, 15) is 0 Å². The second kappa shape index (κ2) is 5.69. The van der Waals surface area contributed by atoms with Crippen LogP contribution in [0.1, 0.15) is 17.5 Å². The third-order valence-electron chi connectivity index (χ3n) is 2.15. The molecule has 0 bridgehead atoms. The van der Waals surface area contributed by atoms with Crippen molar-refractivity contribution in [3.8, 4) is 0 Å². The Balaban J connectivity index is 2.41. The minimum atomic E-state index is 0.551. The van der Waals surface area contributed by atoms with Crippen molar-refractivity contribution >= 4 is 22.9 Å². The predicted octanol–water partition coefficient (Wildman–Crippen LogP) is 2.76.